The largest absolute Gasteiger partial charge is 0.332 e. The molecule has 8 nitrogen and oxygen atoms in total. The standard InChI is InChI=1S/C24H30N6O2/c1-16-8-9-19(17(2)14-16)30-18(3)15-29-20-21(25-23(29)30)26(4)24(32)28(22(20)31)13-12-27-10-6-5-7-11-27/h8-9,14-15H,5-7,10-13H2,1-4H3. The van der Waals surface area contributed by atoms with Gasteiger partial charge in [-0.2, -0.15) is 4.98 Å². The molecule has 0 bridgehead atoms. The summed E-state index contributed by atoms with van der Waals surface area (Å²) >= 11 is 0. The van der Waals surface area contributed by atoms with Crippen LogP contribution >= 0.6 is 0 Å². The van der Waals surface area contributed by atoms with E-state index in [2.05, 4.69) is 41.5 Å². The van der Waals surface area contributed by atoms with Crippen molar-refractivity contribution in [3.8, 4) is 5.69 Å². The molecule has 1 aromatic carbocycles. The molecule has 0 amide bonds. The minimum atomic E-state index is -0.310. The molecule has 0 unspecified atom stereocenters. The van der Waals surface area contributed by atoms with Crippen LogP contribution in [0.5, 0.6) is 0 Å². The van der Waals surface area contributed by atoms with Gasteiger partial charge in [0.1, 0.15) is 0 Å². The maximum Gasteiger partial charge on any atom is 0.332 e. The Morgan fingerprint density at radius 2 is 1.75 bits per heavy atom. The number of imidazole rings is 2. The Kier molecular flexibility index (Phi) is 5.04. The molecule has 8 heteroatoms. The molecular weight excluding hydrogens is 404 g/mol. The zero-order chi connectivity index (χ0) is 22.6. The average Bonchev–Trinajstić information content (AvgIpc) is 3.28. The van der Waals surface area contributed by atoms with E-state index in [4.69, 9.17) is 4.98 Å². The van der Waals surface area contributed by atoms with Crippen molar-refractivity contribution >= 4 is 16.9 Å². The first kappa shape index (κ1) is 20.8. The van der Waals surface area contributed by atoms with Gasteiger partial charge in [-0.15, -0.1) is 0 Å². The lowest BCUT2D eigenvalue weighted by Crippen LogP contribution is -2.43. The van der Waals surface area contributed by atoms with E-state index in [1.54, 1.807) is 7.05 Å². The van der Waals surface area contributed by atoms with E-state index in [9.17, 15) is 9.59 Å². The molecule has 5 rings (SSSR count). The fourth-order valence-electron chi connectivity index (χ4n) is 4.99. The van der Waals surface area contributed by atoms with Gasteiger partial charge >= 0.3 is 5.69 Å². The van der Waals surface area contributed by atoms with Crippen LogP contribution in [0.2, 0.25) is 0 Å². The number of piperidine rings is 1. The molecule has 0 aliphatic carbocycles. The molecule has 0 saturated carbocycles. The molecule has 0 N–H and O–H groups in total. The predicted molar refractivity (Wildman–Crippen MR) is 126 cm³/mol. The molecule has 0 atom stereocenters. The lowest BCUT2D eigenvalue weighted by atomic mass is 10.1. The fourth-order valence-corrected chi connectivity index (χ4v) is 4.99. The van der Waals surface area contributed by atoms with Crippen LogP contribution in [0.3, 0.4) is 0 Å². The number of nitrogens with zero attached hydrogens (tertiary/aromatic N) is 6. The fraction of sp³-hybridized carbons (Fsp3) is 0.458. The number of likely N-dealkylation sites (tertiary alicyclic amines) is 1. The number of aryl methyl sites for hydroxylation is 4. The maximum atomic E-state index is 13.5. The first-order chi connectivity index (χ1) is 15.4. The first-order valence-corrected chi connectivity index (χ1v) is 11.4. The molecule has 1 aliphatic rings. The molecule has 1 fully saturated rings. The highest BCUT2D eigenvalue weighted by Crippen LogP contribution is 2.23. The van der Waals surface area contributed by atoms with Crippen molar-refractivity contribution in [2.45, 2.75) is 46.6 Å². The molecule has 3 aromatic heterocycles. The van der Waals surface area contributed by atoms with E-state index in [0.29, 0.717) is 30.0 Å². The van der Waals surface area contributed by atoms with Gasteiger partial charge in [0.25, 0.3) is 5.56 Å². The average molecular weight is 435 g/mol. The lowest BCUT2D eigenvalue weighted by molar-refractivity contribution is 0.218. The quantitative estimate of drug-likeness (QED) is 0.495. The third kappa shape index (κ3) is 3.21. The Labute approximate surface area is 186 Å². The maximum absolute atomic E-state index is 13.5. The monoisotopic (exact) mass is 434 g/mol. The lowest BCUT2D eigenvalue weighted by Gasteiger charge is -2.26. The number of hydrogen-bond acceptors (Lipinski definition) is 4. The zero-order valence-corrected chi connectivity index (χ0v) is 19.3. The van der Waals surface area contributed by atoms with Crippen molar-refractivity contribution in [3.05, 3.63) is 62.1 Å². The molecule has 0 spiro atoms. The summed E-state index contributed by atoms with van der Waals surface area (Å²) in [6.07, 6.45) is 5.56. The normalized spacial score (nSPS) is 15.2. The van der Waals surface area contributed by atoms with E-state index in [1.807, 2.05) is 17.5 Å². The summed E-state index contributed by atoms with van der Waals surface area (Å²) in [4.78, 5) is 33.6. The summed E-state index contributed by atoms with van der Waals surface area (Å²) in [6, 6.07) is 6.29. The van der Waals surface area contributed by atoms with Crippen LogP contribution < -0.4 is 11.2 Å². The molecule has 168 valence electrons. The summed E-state index contributed by atoms with van der Waals surface area (Å²) < 4.78 is 6.76. The minimum Gasteiger partial charge on any atom is -0.302 e. The van der Waals surface area contributed by atoms with E-state index < -0.39 is 0 Å². The van der Waals surface area contributed by atoms with Gasteiger partial charge in [0, 0.05) is 32.0 Å². The highest BCUT2D eigenvalue weighted by molar-refractivity contribution is 5.76. The Hall–Kier alpha value is -3.13. The highest BCUT2D eigenvalue weighted by Gasteiger charge is 2.21. The van der Waals surface area contributed by atoms with Crippen molar-refractivity contribution in [1.82, 2.24) is 28.0 Å². The second-order valence-corrected chi connectivity index (χ2v) is 9.05. The smallest absolute Gasteiger partial charge is 0.302 e. The van der Waals surface area contributed by atoms with Crippen LogP contribution in [0.25, 0.3) is 22.6 Å². The van der Waals surface area contributed by atoms with Crippen LogP contribution in [-0.4, -0.2) is 47.6 Å². The van der Waals surface area contributed by atoms with Crippen molar-refractivity contribution in [2.24, 2.45) is 7.05 Å². The summed E-state index contributed by atoms with van der Waals surface area (Å²) in [5, 5.41) is 0. The summed E-state index contributed by atoms with van der Waals surface area (Å²) in [5.41, 5.74) is 4.62. The molecule has 0 radical (unpaired) electrons. The van der Waals surface area contributed by atoms with Crippen molar-refractivity contribution in [3.63, 3.8) is 0 Å². The molecule has 1 saturated heterocycles. The van der Waals surface area contributed by atoms with Gasteiger partial charge in [0.05, 0.1) is 5.69 Å². The third-order valence-electron chi connectivity index (χ3n) is 6.71. The van der Waals surface area contributed by atoms with Gasteiger partial charge in [0.2, 0.25) is 5.78 Å². The summed E-state index contributed by atoms with van der Waals surface area (Å²) in [5.74, 6) is 0.644. The van der Waals surface area contributed by atoms with Gasteiger partial charge in [-0.25, -0.2) is 4.79 Å². The SMILES string of the molecule is Cc1ccc(-n2c(C)cn3c4c(=O)n(CCN5CCCCC5)c(=O)n(C)c4nc23)c(C)c1. The molecular formula is C24H30N6O2. The highest BCUT2D eigenvalue weighted by atomic mass is 16.2. The summed E-state index contributed by atoms with van der Waals surface area (Å²) in [7, 11) is 1.70. The van der Waals surface area contributed by atoms with Crippen molar-refractivity contribution < 1.29 is 0 Å². The summed E-state index contributed by atoms with van der Waals surface area (Å²) in [6.45, 7) is 9.33. The van der Waals surface area contributed by atoms with Crippen LogP contribution in [0.1, 0.15) is 36.1 Å². The number of benzene rings is 1. The van der Waals surface area contributed by atoms with E-state index >= 15 is 0 Å². The Bertz CT molecular complexity index is 1450. The molecule has 4 heterocycles. The molecule has 32 heavy (non-hydrogen) atoms. The number of hydrogen-bond donors (Lipinski definition) is 0. The number of fused-ring (bicyclic) bond motifs is 3. The topological polar surface area (TPSA) is 69.5 Å². The Morgan fingerprint density at radius 3 is 2.47 bits per heavy atom. The van der Waals surface area contributed by atoms with Crippen molar-refractivity contribution in [2.75, 3.05) is 19.6 Å². The van der Waals surface area contributed by atoms with Crippen LogP contribution in [0.15, 0.2) is 34.0 Å². The predicted octanol–water partition coefficient (Wildman–Crippen LogP) is 2.55. The van der Waals surface area contributed by atoms with Crippen molar-refractivity contribution in [1.29, 1.82) is 0 Å². The Balaban J connectivity index is 1.67. The van der Waals surface area contributed by atoms with Gasteiger partial charge in [-0.1, -0.05) is 24.1 Å². The van der Waals surface area contributed by atoms with E-state index in [0.717, 1.165) is 30.0 Å². The minimum absolute atomic E-state index is 0.273. The zero-order valence-electron chi connectivity index (χ0n) is 19.3. The van der Waals surface area contributed by atoms with Gasteiger partial charge in [-0.05, 0) is 58.3 Å². The molecule has 4 aromatic rings. The number of rotatable bonds is 4. The second kappa shape index (κ2) is 7.78. The van der Waals surface area contributed by atoms with Gasteiger partial charge in [-0.3, -0.25) is 22.9 Å². The van der Waals surface area contributed by atoms with Crippen LogP contribution in [0.4, 0.5) is 0 Å². The third-order valence-corrected chi connectivity index (χ3v) is 6.71. The number of aromatic nitrogens is 5. The van der Waals surface area contributed by atoms with E-state index in [-0.39, 0.29) is 11.2 Å². The second-order valence-electron chi connectivity index (χ2n) is 9.05. The molecule has 1 aliphatic heterocycles. The Morgan fingerprint density at radius 1 is 1.00 bits per heavy atom. The first-order valence-electron chi connectivity index (χ1n) is 11.4. The van der Waals surface area contributed by atoms with Crippen LogP contribution in [0, 0.1) is 20.8 Å². The van der Waals surface area contributed by atoms with Crippen LogP contribution in [-0.2, 0) is 13.6 Å². The van der Waals surface area contributed by atoms with E-state index in [1.165, 1.54) is 34.0 Å². The van der Waals surface area contributed by atoms with Gasteiger partial charge < -0.3 is 4.90 Å². The van der Waals surface area contributed by atoms with Gasteiger partial charge in [0.15, 0.2) is 11.2 Å².